The first-order valence-corrected chi connectivity index (χ1v) is 9.56. The van der Waals surface area contributed by atoms with E-state index in [1.807, 2.05) is 36.4 Å². The predicted molar refractivity (Wildman–Crippen MR) is 102 cm³/mol. The summed E-state index contributed by atoms with van der Waals surface area (Å²) in [5.74, 6) is -1.29. The van der Waals surface area contributed by atoms with E-state index >= 15 is 0 Å². The highest BCUT2D eigenvalue weighted by molar-refractivity contribution is 7.13. The molecular formula is C21H22O4S. The molecule has 1 aliphatic rings. The van der Waals surface area contributed by atoms with E-state index < -0.39 is 12.1 Å². The molecule has 0 radical (unpaired) electrons. The molecule has 0 amide bonds. The molecule has 1 aliphatic carbocycles. The van der Waals surface area contributed by atoms with Crippen LogP contribution in [0.5, 0.6) is 0 Å². The van der Waals surface area contributed by atoms with Crippen molar-refractivity contribution in [3.63, 3.8) is 0 Å². The van der Waals surface area contributed by atoms with Gasteiger partial charge in [-0.2, -0.15) is 0 Å². The molecule has 1 fully saturated rings. The SMILES string of the molecule is C=C(c1ccccc1)[C@H]1[C@H](O)CC(=O)[C@@H]1CCCc1ccc(C(=O)O)s1. The number of aliphatic hydroxyl groups is 1. The van der Waals surface area contributed by atoms with Crippen LogP contribution in [0.15, 0.2) is 49.0 Å². The van der Waals surface area contributed by atoms with Gasteiger partial charge < -0.3 is 10.2 Å². The number of carboxylic acids is 1. The second kappa shape index (κ2) is 7.98. The first-order chi connectivity index (χ1) is 12.5. The van der Waals surface area contributed by atoms with Crippen molar-refractivity contribution in [2.45, 2.75) is 31.8 Å². The second-order valence-electron chi connectivity index (χ2n) is 6.72. The molecule has 26 heavy (non-hydrogen) atoms. The molecular weight excluding hydrogens is 348 g/mol. The summed E-state index contributed by atoms with van der Waals surface area (Å²) in [6.07, 6.45) is 1.69. The lowest BCUT2D eigenvalue weighted by atomic mass is 9.82. The van der Waals surface area contributed by atoms with Crippen molar-refractivity contribution < 1.29 is 19.8 Å². The van der Waals surface area contributed by atoms with Crippen LogP contribution in [0.4, 0.5) is 0 Å². The van der Waals surface area contributed by atoms with E-state index in [9.17, 15) is 14.7 Å². The number of Topliss-reactive ketones (excluding diaryl/α,β-unsaturated/α-hetero) is 1. The molecule has 1 aromatic carbocycles. The van der Waals surface area contributed by atoms with Gasteiger partial charge in [-0.1, -0.05) is 36.9 Å². The Kier molecular flexibility index (Phi) is 5.69. The number of ketones is 1. The fourth-order valence-electron chi connectivity index (χ4n) is 3.74. The van der Waals surface area contributed by atoms with Crippen molar-refractivity contribution in [3.8, 4) is 0 Å². The number of benzene rings is 1. The third-order valence-corrected chi connectivity index (χ3v) is 6.16. The maximum atomic E-state index is 12.4. The number of carboxylic acid groups (broad SMARTS) is 1. The van der Waals surface area contributed by atoms with Gasteiger partial charge in [0.1, 0.15) is 10.7 Å². The van der Waals surface area contributed by atoms with Crippen molar-refractivity contribution in [2.75, 3.05) is 0 Å². The average Bonchev–Trinajstić information content (AvgIpc) is 3.20. The Morgan fingerprint density at radius 2 is 1.92 bits per heavy atom. The number of carbonyl (C=O) groups excluding carboxylic acids is 1. The van der Waals surface area contributed by atoms with E-state index in [1.54, 1.807) is 6.07 Å². The number of hydrogen-bond donors (Lipinski definition) is 2. The van der Waals surface area contributed by atoms with Crippen LogP contribution in [0.25, 0.3) is 5.57 Å². The summed E-state index contributed by atoms with van der Waals surface area (Å²) in [6.45, 7) is 4.16. The van der Waals surface area contributed by atoms with E-state index in [2.05, 4.69) is 6.58 Å². The molecule has 2 N–H and O–H groups in total. The minimum absolute atomic E-state index is 0.0944. The Hall–Kier alpha value is -2.24. The Labute approximate surface area is 156 Å². The fourth-order valence-corrected chi connectivity index (χ4v) is 4.62. The molecule has 1 saturated carbocycles. The lowest BCUT2D eigenvalue weighted by Crippen LogP contribution is -2.22. The second-order valence-corrected chi connectivity index (χ2v) is 7.89. The molecule has 3 rings (SSSR count). The summed E-state index contributed by atoms with van der Waals surface area (Å²) in [5.41, 5.74) is 1.78. The van der Waals surface area contributed by atoms with E-state index in [-0.39, 0.29) is 24.0 Å². The monoisotopic (exact) mass is 370 g/mol. The summed E-state index contributed by atoms with van der Waals surface area (Å²) in [7, 11) is 0. The van der Waals surface area contributed by atoms with Crippen LogP contribution in [0.2, 0.25) is 0 Å². The van der Waals surface area contributed by atoms with E-state index in [1.165, 1.54) is 11.3 Å². The van der Waals surface area contributed by atoms with Gasteiger partial charge in [0.15, 0.2) is 0 Å². The number of hydrogen-bond acceptors (Lipinski definition) is 4. The van der Waals surface area contributed by atoms with Crippen LogP contribution >= 0.6 is 11.3 Å². The molecule has 136 valence electrons. The average molecular weight is 370 g/mol. The largest absolute Gasteiger partial charge is 0.477 e. The lowest BCUT2D eigenvalue weighted by Gasteiger charge is -2.23. The molecule has 3 atom stereocenters. The number of aryl methyl sites for hydroxylation is 1. The zero-order valence-corrected chi connectivity index (χ0v) is 15.2. The minimum atomic E-state index is -0.908. The number of aromatic carboxylic acids is 1. The van der Waals surface area contributed by atoms with Crippen LogP contribution in [-0.4, -0.2) is 28.1 Å². The van der Waals surface area contributed by atoms with Gasteiger partial charge in [-0.25, -0.2) is 4.79 Å². The van der Waals surface area contributed by atoms with Crippen molar-refractivity contribution >= 4 is 28.7 Å². The van der Waals surface area contributed by atoms with Crippen LogP contribution in [0.3, 0.4) is 0 Å². The van der Waals surface area contributed by atoms with Gasteiger partial charge in [-0.05, 0) is 42.5 Å². The van der Waals surface area contributed by atoms with Gasteiger partial charge in [0, 0.05) is 23.1 Å². The Morgan fingerprint density at radius 3 is 2.58 bits per heavy atom. The molecule has 1 aromatic heterocycles. The molecule has 2 aromatic rings. The molecule has 1 heterocycles. The highest BCUT2D eigenvalue weighted by atomic mass is 32.1. The topological polar surface area (TPSA) is 74.6 Å². The van der Waals surface area contributed by atoms with Crippen LogP contribution < -0.4 is 0 Å². The summed E-state index contributed by atoms with van der Waals surface area (Å²) < 4.78 is 0. The van der Waals surface area contributed by atoms with Crippen molar-refractivity contribution in [1.29, 1.82) is 0 Å². The first-order valence-electron chi connectivity index (χ1n) is 8.74. The molecule has 0 spiro atoms. The summed E-state index contributed by atoms with van der Waals surface area (Å²) in [4.78, 5) is 24.7. The van der Waals surface area contributed by atoms with E-state index in [0.717, 1.165) is 28.9 Å². The fraction of sp³-hybridized carbons (Fsp3) is 0.333. The van der Waals surface area contributed by atoms with Crippen molar-refractivity contribution in [2.24, 2.45) is 11.8 Å². The molecule has 0 saturated heterocycles. The molecule has 0 aliphatic heterocycles. The maximum Gasteiger partial charge on any atom is 0.345 e. The van der Waals surface area contributed by atoms with Gasteiger partial charge in [-0.15, -0.1) is 11.3 Å². The maximum absolute atomic E-state index is 12.4. The molecule has 0 unspecified atom stereocenters. The summed E-state index contributed by atoms with van der Waals surface area (Å²) in [5, 5.41) is 19.4. The Bertz CT molecular complexity index is 808. The standard InChI is InChI=1S/C21H22O4S/c1-13(14-6-3-2-4-7-14)20-16(17(22)12-18(20)23)9-5-8-15-10-11-19(26-15)21(24)25/h2-4,6-7,10-11,16,18,20,23H,1,5,8-9,12H2,(H,24,25)/t16-,18+,20+/m0/s1. The van der Waals surface area contributed by atoms with Crippen LogP contribution in [0.1, 0.15) is 39.4 Å². The number of thiophene rings is 1. The number of rotatable bonds is 7. The van der Waals surface area contributed by atoms with E-state index in [4.69, 9.17) is 5.11 Å². The van der Waals surface area contributed by atoms with Gasteiger partial charge in [-0.3, -0.25) is 4.79 Å². The van der Waals surface area contributed by atoms with Crippen LogP contribution in [0, 0.1) is 11.8 Å². The van der Waals surface area contributed by atoms with E-state index in [0.29, 0.717) is 11.3 Å². The molecule has 0 bridgehead atoms. The highest BCUT2D eigenvalue weighted by Crippen LogP contribution is 2.41. The summed E-state index contributed by atoms with van der Waals surface area (Å²) in [6, 6.07) is 13.1. The van der Waals surface area contributed by atoms with Gasteiger partial charge in [0.25, 0.3) is 0 Å². The summed E-state index contributed by atoms with van der Waals surface area (Å²) >= 11 is 1.28. The highest BCUT2D eigenvalue weighted by Gasteiger charge is 2.42. The zero-order chi connectivity index (χ0) is 18.7. The normalized spacial score (nSPS) is 22.5. The molecule has 5 heteroatoms. The van der Waals surface area contributed by atoms with Gasteiger partial charge in [0.2, 0.25) is 0 Å². The first kappa shape index (κ1) is 18.5. The minimum Gasteiger partial charge on any atom is -0.477 e. The Balaban J connectivity index is 1.65. The van der Waals surface area contributed by atoms with Gasteiger partial charge in [0.05, 0.1) is 6.10 Å². The lowest BCUT2D eigenvalue weighted by molar-refractivity contribution is -0.121. The number of aliphatic hydroxyl groups excluding tert-OH is 1. The van der Waals surface area contributed by atoms with Gasteiger partial charge >= 0.3 is 5.97 Å². The predicted octanol–water partition coefficient (Wildman–Crippen LogP) is 4.05. The van der Waals surface area contributed by atoms with Crippen LogP contribution in [-0.2, 0) is 11.2 Å². The smallest absolute Gasteiger partial charge is 0.345 e. The third kappa shape index (κ3) is 3.94. The third-order valence-electron chi connectivity index (χ3n) is 5.03. The Morgan fingerprint density at radius 1 is 1.19 bits per heavy atom. The molecule has 4 nitrogen and oxygen atoms in total. The number of carbonyl (C=O) groups is 2. The zero-order valence-electron chi connectivity index (χ0n) is 14.4. The quantitative estimate of drug-likeness (QED) is 0.771. The van der Waals surface area contributed by atoms with Crippen molar-refractivity contribution in [1.82, 2.24) is 0 Å². The van der Waals surface area contributed by atoms with Crippen molar-refractivity contribution in [3.05, 3.63) is 64.4 Å².